The van der Waals surface area contributed by atoms with Crippen LogP contribution in [0.25, 0.3) is 0 Å². The molecule has 0 saturated carbocycles. The number of aromatic hydroxyl groups is 1. The van der Waals surface area contributed by atoms with Crippen LogP contribution in [0.1, 0.15) is 36.6 Å². The van der Waals surface area contributed by atoms with Gasteiger partial charge in [-0.2, -0.15) is 0 Å². The van der Waals surface area contributed by atoms with Crippen LogP contribution >= 0.6 is 0 Å². The molecule has 8 heteroatoms. The zero-order valence-electron chi connectivity index (χ0n) is 15.2. The van der Waals surface area contributed by atoms with Crippen molar-refractivity contribution in [2.75, 3.05) is 28.4 Å². The van der Waals surface area contributed by atoms with Crippen LogP contribution in [-0.4, -0.2) is 51.3 Å². The van der Waals surface area contributed by atoms with Gasteiger partial charge in [0.15, 0.2) is 17.3 Å². The average Bonchev–Trinajstić information content (AvgIpc) is 2.71. The van der Waals surface area contributed by atoms with Gasteiger partial charge in [-0.25, -0.2) is 9.59 Å². The molecular weight excluding hydrogens is 356 g/mol. The number of ether oxygens (including phenoxy) is 4. The van der Waals surface area contributed by atoms with E-state index >= 15 is 0 Å². The van der Waals surface area contributed by atoms with E-state index in [1.54, 1.807) is 0 Å². The second-order valence-electron chi connectivity index (χ2n) is 5.29. The Kier molecular flexibility index (Phi) is 6.02. The van der Waals surface area contributed by atoms with Gasteiger partial charge >= 0.3 is 11.9 Å². The molecule has 8 nitrogen and oxygen atoms in total. The summed E-state index contributed by atoms with van der Waals surface area (Å²) < 4.78 is 19.5. The molecule has 0 unspecified atom stereocenters. The van der Waals surface area contributed by atoms with Crippen molar-refractivity contribution in [2.24, 2.45) is 0 Å². The topological polar surface area (TPSA) is 108 Å². The minimum atomic E-state index is -0.829. The van der Waals surface area contributed by atoms with E-state index < -0.39 is 17.7 Å². The molecule has 0 fully saturated rings. The largest absolute Gasteiger partial charge is 0.504 e. The SMILES string of the molecule is COC(=O)c1cc(OC)ccc1C(=O)c1cc(OC)c(O)cc1C(=O)OC. The first-order valence-electron chi connectivity index (χ1n) is 7.68. The van der Waals surface area contributed by atoms with Crippen molar-refractivity contribution >= 4 is 17.7 Å². The third-order valence-corrected chi connectivity index (χ3v) is 3.85. The number of carbonyl (C=O) groups is 3. The quantitative estimate of drug-likeness (QED) is 0.606. The minimum Gasteiger partial charge on any atom is -0.504 e. The molecule has 2 aromatic rings. The lowest BCUT2D eigenvalue weighted by molar-refractivity contribution is 0.0592. The van der Waals surface area contributed by atoms with Crippen molar-refractivity contribution < 1.29 is 38.4 Å². The molecule has 0 heterocycles. The first-order chi connectivity index (χ1) is 12.9. The first kappa shape index (κ1) is 19.8. The van der Waals surface area contributed by atoms with Crippen molar-refractivity contribution in [1.82, 2.24) is 0 Å². The molecule has 0 saturated heterocycles. The van der Waals surface area contributed by atoms with Gasteiger partial charge in [-0.05, 0) is 30.3 Å². The number of carbonyl (C=O) groups excluding carboxylic acids is 3. The fraction of sp³-hybridized carbons (Fsp3) is 0.211. The molecule has 0 atom stereocenters. The molecule has 0 aliphatic carbocycles. The van der Waals surface area contributed by atoms with Crippen LogP contribution in [0.4, 0.5) is 0 Å². The molecular formula is C19H18O8. The molecule has 0 radical (unpaired) electrons. The van der Waals surface area contributed by atoms with E-state index in [0.29, 0.717) is 5.75 Å². The number of hydrogen-bond acceptors (Lipinski definition) is 8. The van der Waals surface area contributed by atoms with Gasteiger partial charge in [0.2, 0.25) is 0 Å². The Morgan fingerprint density at radius 2 is 1.33 bits per heavy atom. The number of methoxy groups -OCH3 is 4. The smallest absolute Gasteiger partial charge is 0.338 e. The Balaban J connectivity index is 2.70. The Hall–Kier alpha value is -3.55. The Bertz CT molecular complexity index is 901. The predicted molar refractivity (Wildman–Crippen MR) is 93.8 cm³/mol. The van der Waals surface area contributed by atoms with E-state index in [2.05, 4.69) is 4.74 Å². The van der Waals surface area contributed by atoms with Crippen molar-refractivity contribution in [3.05, 3.63) is 52.6 Å². The summed E-state index contributed by atoms with van der Waals surface area (Å²) in [5.74, 6) is -2.23. The third kappa shape index (κ3) is 3.84. The normalized spacial score (nSPS) is 10.1. The third-order valence-electron chi connectivity index (χ3n) is 3.85. The van der Waals surface area contributed by atoms with Gasteiger partial charge in [-0.3, -0.25) is 4.79 Å². The summed E-state index contributed by atoms with van der Waals surface area (Å²) in [6.07, 6.45) is 0. The van der Waals surface area contributed by atoms with Gasteiger partial charge in [0, 0.05) is 11.1 Å². The molecule has 0 bridgehead atoms. The summed E-state index contributed by atoms with van der Waals surface area (Å²) in [4.78, 5) is 37.3. The lowest BCUT2D eigenvalue weighted by atomic mass is 9.94. The number of esters is 2. The Morgan fingerprint density at radius 3 is 1.85 bits per heavy atom. The van der Waals surface area contributed by atoms with Crippen LogP contribution in [0.15, 0.2) is 30.3 Å². The molecule has 1 N–H and O–H groups in total. The minimum absolute atomic E-state index is 0.0134. The van der Waals surface area contributed by atoms with Gasteiger partial charge in [-0.1, -0.05) is 0 Å². The van der Waals surface area contributed by atoms with E-state index in [1.165, 1.54) is 45.6 Å². The van der Waals surface area contributed by atoms with Gasteiger partial charge in [0.25, 0.3) is 0 Å². The van der Waals surface area contributed by atoms with E-state index in [9.17, 15) is 19.5 Å². The number of phenolic OH excluding ortho intramolecular Hbond substituents is 1. The maximum absolute atomic E-state index is 13.1. The highest BCUT2D eigenvalue weighted by atomic mass is 16.5. The fourth-order valence-electron chi connectivity index (χ4n) is 2.47. The maximum atomic E-state index is 13.1. The monoisotopic (exact) mass is 374 g/mol. The summed E-state index contributed by atoms with van der Waals surface area (Å²) in [6, 6.07) is 6.51. The standard InChI is InChI=1S/C19H18O8/c1-24-10-5-6-11(13(7-10)18(22)26-3)17(21)12-9-16(25-2)15(20)8-14(12)19(23)27-4/h5-9,20H,1-4H3. The van der Waals surface area contributed by atoms with Crippen LogP contribution in [0.5, 0.6) is 17.2 Å². The number of hydrogen-bond donors (Lipinski definition) is 1. The van der Waals surface area contributed by atoms with Gasteiger partial charge in [0.05, 0.1) is 39.6 Å². The highest BCUT2D eigenvalue weighted by Gasteiger charge is 2.26. The summed E-state index contributed by atoms with van der Waals surface area (Å²) in [7, 11) is 5.04. The molecule has 0 aliphatic heterocycles. The van der Waals surface area contributed by atoms with E-state index in [-0.39, 0.29) is 33.8 Å². The molecule has 0 spiro atoms. The number of benzene rings is 2. The fourth-order valence-corrected chi connectivity index (χ4v) is 2.47. The van der Waals surface area contributed by atoms with Crippen LogP contribution in [0.2, 0.25) is 0 Å². The van der Waals surface area contributed by atoms with Crippen molar-refractivity contribution in [3.8, 4) is 17.2 Å². The van der Waals surface area contributed by atoms with Gasteiger partial charge in [0.1, 0.15) is 5.75 Å². The maximum Gasteiger partial charge on any atom is 0.338 e. The Morgan fingerprint density at radius 1 is 0.741 bits per heavy atom. The van der Waals surface area contributed by atoms with Crippen molar-refractivity contribution in [1.29, 1.82) is 0 Å². The van der Waals surface area contributed by atoms with Gasteiger partial charge < -0.3 is 24.1 Å². The highest BCUT2D eigenvalue weighted by Crippen LogP contribution is 2.32. The van der Waals surface area contributed by atoms with E-state index in [4.69, 9.17) is 14.2 Å². The second kappa shape index (κ2) is 8.22. The van der Waals surface area contributed by atoms with Crippen molar-refractivity contribution in [3.63, 3.8) is 0 Å². The zero-order valence-corrected chi connectivity index (χ0v) is 15.2. The van der Waals surface area contributed by atoms with Crippen LogP contribution < -0.4 is 9.47 Å². The molecule has 2 rings (SSSR count). The zero-order chi connectivity index (χ0) is 20.1. The molecule has 0 aromatic heterocycles. The molecule has 27 heavy (non-hydrogen) atoms. The second-order valence-corrected chi connectivity index (χ2v) is 5.29. The molecule has 2 aromatic carbocycles. The van der Waals surface area contributed by atoms with Crippen LogP contribution in [0.3, 0.4) is 0 Å². The van der Waals surface area contributed by atoms with E-state index in [1.807, 2.05) is 0 Å². The van der Waals surface area contributed by atoms with Crippen LogP contribution in [-0.2, 0) is 9.47 Å². The predicted octanol–water partition coefficient (Wildman–Crippen LogP) is 2.21. The summed E-state index contributed by atoms with van der Waals surface area (Å²) >= 11 is 0. The average molecular weight is 374 g/mol. The number of rotatable bonds is 6. The molecule has 0 amide bonds. The van der Waals surface area contributed by atoms with E-state index in [0.717, 1.165) is 13.2 Å². The molecule has 0 aliphatic rings. The number of ketones is 1. The number of phenols is 1. The summed E-state index contributed by atoms with van der Waals surface area (Å²) in [6.45, 7) is 0. The Labute approximate surface area is 155 Å². The first-order valence-corrected chi connectivity index (χ1v) is 7.68. The summed E-state index contributed by atoms with van der Waals surface area (Å²) in [5, 5.41) is 9.93. The lowest BCUT2D eigenvalue weighted by Crippen LogP contribution is -2.15. The highest BCUT2D eigenvalue weighted by molar-refractivity contribution is 6.18. The summed E-state index contributed by atoms with van der Waals surface area (Å²) in [5.41, 5.74) is -0.329. The van der Waals surface area contributed by atoms with Crippen molar-refractivity contribution in [2.45, 2.75) is 0 Å². The molecule has 142 valence electrons. The van der Waals surface area contributed by atoms with Crippen LogP contribution in [0, 0.1) is 0 Å². The lowest BCUT2D eigenvalue weighted by Gasteiger charge is -2.13. The van der Waals surface area contributed by atoms with Gasteiger partial charge in [-0.15, -0.1) is 0 Å².